The molecular formula is C13H16N2O4S. The van der Waals surface area contributed by atoms with E-state index in [1.54, 1.807) is 6.07 Å². The van der Waals surface area contributed by atoms with E-state index in [9.17, 15) is 13.2 Å². The maximum absolute atomic E-state index is 12.2. The van der Waals surface area contributed by atoms with E-state index in [4.69, 9.17) is 9.88 Å². The lowest BCUT2D eigenvalue weighted by atomic mass is 9.95. The van der Waals surface area contributed by atoms with Gasteiger partial charge in [-0.05, 0) is 37.5 Å². The lowest BCUT2D eigenvalue weighted by molar-refractivity contribution is 0.0841. The van der Waals surface area contributed by atoms with Crippen LogP contribution in [-0.4, -0.2) is 32.6 Å². The Morgan fingerprint density at radius 2 is 2.15 bits per heavy atom. The van der Waals surface area contributed by atoms with Crippen LogP contribution in [0.2, 0.25) is 0 Å². The standard InChI is InChI=1S/C13H16N2O4S/c14-20(17,18)10-3-1-2-8(6-10)13(16)15-11-7-9-4-5-12(11)19-9/h1-3,6,9,11-12H,4-5,7H2,(H,15,16)(H2,14,17,18). The second kappa shape index (κ2) is 4.83. The van der Waals surface area contributed by atoms with E-state index in [1.165, 1.54) is 18.2 Å². The lowest BCUT2D eigenvalue weighted by Gasteiger charge is -2.20. The van der Waals surface area contributed by atoms with Crippen LogP contribution in [0.5, 0.6) is 0 Å². The zero-order valence-corrected chi connectivity index (χ0v) is 11.6. The first-order chi connectivity index (χ1) is 9.43. The SMILES string of the molecule is NS(=O)(=O)c1cccc(C(=O)NC2CC3CCC2O3)c1. The number of amides is 1. The maximum Gasteiger partial charge on any atom is 0.251 e. The first kappa shape index (κ1) is 13.5. The molecule has 3 unspecified atom stereocenters. The molecular weight excluding hydrogens is 280 g/mol. The molecule has 3 N–H and O–H groups in total. The van der Waals surface area contributed by atoms with Crippen molar-refractivity contribution in [1.82, 2.24) is 5.32 Å². The molecule has 0 spiro atoms. The molecule has 3 rings (SSSR count). The highest BCUT2D eigenvalue weighted by Crippen LogP contribution is 2.34. The molecule has 108 valence electrons. The summed E-state index contributed by atoms with van der Waals surface area (Å²) >= 11 is 0. The van der Waals surface area contributed by atoms with Crippen molar-refractivity contribution in [3.05, 3.63) is 29.8 Å². The summed E-state index contributed by atoms with van der Waals surface area (Å²) in [6, 6.07) is 5.74. The van der Waals surface area contributed by atoms with Gasteiger partial charge in [0.25, 0.3) is 5.91 Å². The van der Waals surface area contributed by atoms with Gasteiger partial charge < -0.3 is 10.1 Å². The number of fused-ring (bicyclic) bond motifs is 2. The highest BCUT2D eigenvalue weighted by atomic mass is 32.2. The normalized spacial score (nSPS) is 28.6. The first-order valence-corrected chi connectivity index (χ1v) is 8.07. The van der Waals surface area contributed by atoms with Crippen LogP contribution in [0.1, 0.15) is 29.6 Å². The van der Waals surface area contributed by atoms with Gasteiger partial charge >= 0.3 is 0 Å². The van der Waals surface area contributed by atoms with E-state index in [0.717, 1.165) is 19.3 Å². The predicted octanol–water partition coefficient (Wildman–Crippen LogP) is 0.384. The van der Waals surface area contributed by atoms with Gasteiger partial charge in [-0.25, -0.2) is 13.6 Å². The molecule has 6 nitrogen and oxygen atoms in total. The average molecular weight is 296 g/mol. The van der Waals surface area contributed by atoms with Crippen LogP contribution in [0.3, 0.4) is 0 Å². The van der Waals surface area contributed by atoms with Crippen molar-refractivity contribution >= 4 is 15.9 Å². The number of nitrogens with two attached hydrogens (primary N) is 1. The number of carbonyl (C=O) groups is 1. The summed E-state index contributed by atoms with van der Waals surface area (Å²) in [7, 11) is -3.80. The quantitative estimate of drug-likeness (QED) is 0.842. The smallest absolute Gasteiger partial charge is 0.251 e. The molecule has 0 aliphatic carbocycles. The molecule has 1 aromatic carbocycles. The number of hydrogen-bond donors (Lipinski definition) is 2. The third kappa shape index (κ3) is 2.56. The maximum atomic E-state index is 12.2. The minimum absolute atomic E-state index is 0.0133. The number of hydrogen-bond acceptors (Lipinski definition) is 4. The fourth-order valence-electron chi connectivity index (χ4n) is 2.86. The Balaban J connectivity index is 1.74. The van der Waals surface area contributed by atoms with Gasteiger partial charge in [0, 0.05) is 5.56 Å². The molecule has 2 saturated heterocycles. The molecule has 3 atom stereocenters. The van der Waals surface area contributed by atoms with E-state index in [0.29, 0.717) is 5.56 Å². The van der Waals surface area contributed by atoms with Crippen LogP contribution in [0.25, 0.3) is 0 Å². The summed E-state index contributed by atoms with van der Waals surface area (Å²) in [4.78, 5) is 12.1. The number of nitrogens with one attached hydrogen (secondary N) is 1. The zero-order chi connectivity index (χ0) is 14.3. The average Bonchev–Trinajstić information content (AvgIpc) is 3.00. The Kier molecular flexibility index (Phi) is 3.27. The third-order valence-corrected chi connectivity index (χ3v) is 4.76. The van der Waals surface area contributed by atoms with Gasteiger partial charge in [-0.2, -0.15) is 0 Å². The molecule has 0 saturated carbocycles. The summed E-state index contributed by atoms with van der Waals surface area (Å²) in [5, 5.41) is 7.96. The molecule has 7 heteroatoms. The van der Waals surface area contributed by atoms with Crippen LogP contribution < -0.4 is 10.5 Å². The number of carbonyl (C=O) groups excluding carboxylic acids is 1. The Morgan fingerprint density at radius 1 is 1.35 bits per heavy atom. The molecule has 2 fully saturated rings. The van der Waals surface area contributed by atoms with E-state index < -0.39 is 10.0 Å². The second-order valence-corrected chi connectivity index (χ2v) is 6.82. The van der Waals surface area contributed by atoms with Crippen LogP contribution in [0, 0.1) is 0 Å². The van der Waals surface area contributed by atoms with Crippen molar-refractivity contribution in [3.8, 4) is 0 Å². The van der Waals surface area contributed by atoms with Gasteiger partial charge in [0.15, 0.2) is 0 Å². The van der Waals surface area contributed by atoms with Crippen molar-refractivity contribution in [2.75, 3.05) is 0 Å². The van der Waals surface area contributed by atoms with Crippen LogP contribution in [-0.2, 0) is 14.8 Å². The summed E-state index contributed by atoms with van der Waals surface area (Å²) in [5.41, 5.74) is 0.291. The Labute approximate surface area is 117 Å². The Bertz CT molecular complexity index is 644. The number of primary sulfonamides is 1. The molecule has 2 bridgehead atoms. The van der Waals surface area contributed by atoms with Gasteiger partial charge in [0.2, 0.25) is 10.0 Å². The highest BCUT2D eigenvalue weighted by Gasteiger charge is 2.41. The molecule has 2 aliphatic rings. The highest BCUT2D eigenvalue weighted by molar-refractivity contribution is 7.89. The largest absolute Gasteiger partial charge is 0.373 e. The van der Waals surface area contributed by atoms with Crippen molar-refractivity contribution < 1.29 is 17.9 Å². The van der Waals surface area contributed by atoms with E-state index >= 15 is 0 Å². The molecule has 1 aromatic rings. The van der Waals surface area contributed by atoms with E-state index in [2.05, 4.69) is 5.32 Å². The molecule has 20 heavy (non-hydrogen) atoms. The topological polar surface area (TPSA) is 98.5 Å². The van der Waals surface area contributed by atoms with Gasteiger partial charge in [-0.15, -0.1) is 0 Å². The van der Waals surface area contributed by atoms with Crippen molar-refractivity contribution in [2.24, 2.45) is 5.14 Å². The second-order valence-electron chi connectivity index (χ2n) is 5.26. The number of ether oxygens (including phenoxy) is 1. The number of sulfonamides is 1. The third-order valence-electron chi connectivity index (χ3n) is 3.85. The first-order valence-electron chi connectivity index (χ1n) is 6.53. The van der Waals surface area contributed by atoms with Crippen molar-refractivity contribution in [2.45, 2.75) is 42.4 Å². The molecule has 0 radical (unpaired) electrons. The minimum atomic E-state index is -3.80. The van der Waals surface area contributed by atoms with Crippen LogP contribution in [0.4, 0.5) is 0 Å². The van der Waals surface area contributed by atoms with Gasteiger partial charge in [-0.3, -0.25) is 4.79 Å². The Hall–Kier alpha value is -1.44. The fraction of sp³-hybridized carbons (Fsp3) is 0.462. The van der Waals surface area contributed by atoms with Crippen molar-refractivity contribution in [3.63, 3.8) is 0 Å². The Morgan fingerprint density at radius 3 is 2.75 bits per heavy atom. The van der Waals surface area contributed by atoms with Crippen LogP contribution >= 0.6 is 0 Å². The molecule has 1 amide bonds. The number of rotatable bonds is 3. The summed E-state index contributed by atoms with van der Waals surface area (Å²) in [6.07, 6.45) is 3.18. The monoisotopic (exact) mass is 296 g/mol. The lowest BCUT2D eigenvalue weighted by Crippen LogP contribution is -2.41. The van der Waals surface area contributed by atoms with Gasteiger partial charge in [-0.1, -0.05) is 6.07 Å². The molecule has 0 aromatic heterocycles. The van der Waals surface area contributed by atoms with Crippen LogP contribution in [0.15, 0.2) is 29.2 Å². The summed E-state index contributed by atoms with van der Waals surface area (Å²) < 4.78 is 28.2. The fourth-order valence-corrected chi connectivity index (χ4v) is 3.42. The minimum Gasteiger partial charge on any atom is -0.373 e. The van der Waals surface area contributed by atoms with Crippen molar-refractivity contribution in [1.29, 1.82) is 0 Å². The van der Waals surface area contributed by atoms with E-state index in [-0.39, 0.29) is 29.1 Å². The van der Waals surface area contributed by atoms with E-state index in [1.807, 2.05) is 0 Å². The molecule has 2 heterocycles. The predicted molar refractivity (Wildman–Crippen MR) is 71.6 cm³/mol. The van der Waals surface area contributed by atoms with Gasteiger partial charge in [0.1, 0.15) is 0 Å². The zero-order valence-electron chi connectivity index (χ0n) is 10.8. The van der Waals surface area contributed by atoms with Gasteiger partial charge in [0.05, 0.1) is 23.1 Å². The molecule has 2 aliphatic heterocycles. The number of benzene rings is 1. The summed E-state index contributed by atoms with van der Waals surface area (Å²) in [6.45, 7) is 0. The summed E-state index contributed by atoms with van der Waals surface area (Å²) in [5.74, 6) is -0.295.